The summed E-state index contributed by atoms with van der Waals surface area (Å²) >= 11 is 0. The molecule has 1 saturated heterocycles. The van der Waals surface area contributed by atoms with E-state index in [1.54, 1.807) is 12.1 Å². The molecule has 6 heteroatoms. The largest absolute Gasteiger partial charge is 0.399 e. The number of nitrogens with two attached hydrogens (primary N) is 1. The maximum absolute atomic E-state index is 12.6. The number of hydrogen-bond donors (Lipinski definition) is 2. The van der Waals surface area contributed by atoms with E-state index in [-0.39, 0.29) is 23.9 Å². The Bertz CT molecular complexity index is 605. The molecule has 1 aliphatic rings. The van der Waals surface area contributed by atoms with Crippen molar-refractivity contribution in [3.8, 4) is 0 Å². The van der Waals surface area contributed by atoms with Crippen molar-refractivity contribution in [1.29, 1.82) is 0 Å². The molecule has 0 aromatic heterocycles. The number of anilines is 1. The predicted octanol–water partition coefficient (Wildman–Crippen LogP) is 1.22. The van der Waals surface area contributed by atoms with E-state index in [1.807, 2.05) is 20.8 Å². The van der Waals surface area contributed by atoms with Crippen LogP contribution >= 0.6 is 0 Å². The van der Waals surface area contributed by atoms with Gasteiger partial charge in [0.25, 0.3) is 0 Å². The molecule has 0 saturated carbocycles. The Balaban J connectivity index is 2.32. The van der Waals surface area contributed by atoms with Gasteiger partial charge in [-0.1, -0.05) is 26.8 Å². The fourth-order valence-corrected chi connectivity index (χ4v) is 4.24. The van der Waals surface area contributed by atoms with Gasteiger partial charge in [-0.3, -0.25) is 0 Å². The van der Waals surface area contributed by atoms with E-state index in [2.05, 4.69) is 0 Å². The van der Waals surface area contributed by atoms with Crippen LogP contribution in [0.3, 0.4) is 0 Å². The molecule has 5 nitrogen and oxygen atoms in total. The molecule has 0 radical (unpaired) electrons. The van der Waals surface area contributed by atoms with Crippen LogP contribution in [0.4, 0.5) is 5.69 Å². The van der Waals surface area contributed by atoms with Crippen LogP contribution in [0.25, 0.3) is 0 Å². The SMILES string of the molecule is CCc1ccc(N)cc1S(=O)(=O)N1CC(O)(C(C)C)C1. The van der Waals surface area contributed by atoms with Crippen molar-refractivity contribution >= 4 is 15.7 Å². The third-order valence-electron chi connectivity index (χ3n) is 4.06. The Hall–Kier alpha value is -1.11. The fourth-order valence-electron chi connectivity index (χ4n) is 2.34. The molecule has 1 aromatic carbocycles. The lowest BCUT2D eigenvalue weighted by Gasteiger charge is -2.48. The maximum atomic E-state index is 12.6. The zero-order valence-electron chi connectivity index (χ0n) is 12.1. The Morgan fingerprint density at radius 3 is 2.50 bits per heavy atom. The van der Waals surface area contributed by atoms with E-state index in [1.165, 1.54) is 10.4 Å². The lowest BCUT2D eigenvalue weighted by Crippen LogP contribution is -2.65. The summed E-state index contributed by atoms with van der Waals surface area (Å²) in [5.41, 5.74) is 5.97. The standard InChI is InChI=1S/C14H22N2O3S/c1-4-11-5-6-12(15)7-13(11)20(18,19)16-8-14(17,9-16)10(2)3/h5-7,10,17H,4,8-9,15H2,1-3H3. The van der Waals surface area contributed by atoms with E-state index in [9.17, 15) is 13.5 Å². The summed E-state index contributed by atoms with van der Waals surface area (Å²) in [6.45, 7) is 5.98. The summed E-state index contributed by atoms with van der Waals surface area (Å²) in [7, 11) is -3.58. The molecule has 1 aromatic rings. The second kappa shape index (κ2) is 5.02. The molecule has 0 amide bonds. The van der Waals surface area contributed by atoms with E-state index in [0.29, 0.717) is 12.1 Å². The van der Waals surface area contributed by atoms with Crippen molar-refractivity contribution in [3.05, 3.63) is 23.8 Å². The zero-order valence-corrected chi connectivity index (χ0v) is 12.9. The van der Waals surface area contributed by atoms with Crippen LogP contribution in [-0.4, -0.2) is 36.5 Å². The molecule has 1 aliphatic heterocycles. The summed E-state index contributed by atoms with van der Waals surface area (Å²) in [5.74, 6) is 0.0282. The summed E-state index contributed by atoms with van der Waals surface area (Å²) < 4.78 is 26.6. The van der Waals surface area contributed by atoms with E-state index in [0.717, 1.165) is 5.56 Å². The Morgan fingerprint density at radius 1 is 1.40 bits per heavy atom. The molecule has 1 fully saturated rings. The molecule has 0 unspecified atom stereocenters. The normalized spacial score (nSPS) is 19.1. The number of aryl methyl sites for hydroxylation is 1. The number of hydrogen-bond acceptors (Lipinski definition) is 4. The highest BCUT2D eigenvalue weighted by molar-refractivity contribution is 7.89. The van der Waals surface area contributed by atoms with Crippen molar-refractivity contribution in [2.24, 2.45) is 5.92 Å². The van der Waals surface area contributed by atoms with Gasteiger partial charge in [-0.2, -0.15) is 4.31 Å². The monoisotopic (exact) mass is 298 g/mol. The molecule has 0 aliphatic carbocycles. The average molecular weight is 298 g/mol. The third kappa shape index (κ3) is 2.43. The lowest BCUT2D eigenvalue weighted by atomic mass is 9.85. The van der Waals surface area contributed by atoms with Crippen LogP contribution in [0.5, 0.6) is 0 Å². The lowest BCUT2D eigenvalue weighted by molar-refractivity contribution is -0.0932. The first kappa shape index (κ1) is 15.3. The van der Waals surface area contributed by atoms with Crippen LogP contribution < -0.4 is 5.73 Å². The molecular formula is C14H22N2O3S. The Labute approximate surface area is 120 Å². The number of nitrogens with zero attached hydrogens (tertiary/aromatic N) is 1. The first-order valence-electron chi connectivity index (χ1n) is 6.81. The maximum Gasteiger partial charge on any atom is 0.243 e. The van der Waals surface area contributed by atoms with E-state index >= 15 is 0 Å². The van der Waals surface area contributed by atoms with Gasteiger partial charge in [-0.25, -0.2) is 8.42 Å². The molecular weight excluding hydrogens is 276 g/mol. The average Bonchev–Trinajstić information content (AvgIpc) is 2.34. The molecule has 112 valence electrons. The highest BCUT2D eigenvalue weighted by Gasteiger charge is 2.49. The summed E-state index contributed by atoms with van der Waals surface area (Å²) in [6.07, 6.45) is 0.622. The summed E-state index contributed by atoms with van der Waals surface area (Å²) in [4.78, 5) is 0.255. The van der Waals surface area contributed by atoms with Gasteiger partial charge >= 0.3 is 0 Å². The fraction of sp³-hybridized carbons (Fsp3) is 0.571. The van der Waals surface area contributed by atoms with Gasteiger partial charge in [-0.15, -0.1) is 0 Å². The van der Waals surface area contributed by atoms with Crippen LogP contribution in [0.15, 0.2) is 23.1 Å². The number of nitrogen functional groups attached to an aromatic ring is 1. The predicted molar refractivity (Wildman–Crippen MR) is 78.8 cm³/mol. The number of benzene rings is 1. The first-order chi connectivity index (χ1) is 9.20. The van der Waals surface area contributed by atoms with Gasteiger partial charge in [0.05, 0.1) is 10.5 Å². The van der Waals surface area contributed by atoms with Gasteiger partial charge in [0.2, 0.25) is 10.0 Å². The van der Waals surface area contributed by atoms with Crippen LogP contribution in [-0.2, 0) is 16.4 Å². The molecule has 0 spiro atoms. The van der Waals surface area contributed by atoms with E-state index < -0.39 is 15.6 Å². The minimum atomic E-state index is -3.58. The van der Waals surface area contributed by atoms with Crippen LogP contribution in [0.1, 0.15) is 26.3 Å². The Kier molecular flexibility index (Phi) is 3.83. The number of rotatable bonds is 4. The van der Waals surface area contributed by atoms with Gasteiger partial charge in [0.15, 0.2) is 0 Å². The molecule has 3 N–H and O–H groups in total. The topological polar surface area (TPSA) is 83.6 Å². The smallest absolute Gasteiger partial charge is 0.243 e. The second-order valence-corrected chi connectivity index (χ2v) is 7.66. The number of sulfonamides is 1. The van der Waals surface area contributed by atoms with Gasteiger partial charge in [0, 0.05) is 18.8 Å². The van der Waals surface area contributed by atoms with Crippen molar-refractivity contribution in [1.82, 2.24) is 4.31 Å². The summed E-state index contributed by atoms with van der Waals surface area (Å²) in [5, 5.41) is 10.2. The van der Waals surface area contributed by atoms with E-state index in [4.69, 9.17) is 5.73 Å². The minimum absolute atomic E-state index is 0.0282. The Morgan fingerprint density at radius 2 is 2.00 bits per heavy atom. The van der Waals surface area contributed by atoms with Crippen LogP contribution in [0.2, 0.25) is 0 Å². The molecule has 20 heavy (non-hydrogen) atoms. The quantitative estimate of drug-likeness (QED) is 0.819. The first-order valence-corrected chi connectivity index (χ1v) is 8.25. The molecule has 0 atom stereocenters. The minimum Gasteiger partial charge on any atom is -0.399 e. The van der Waals surface area contributed by atoms with Crippen molar-refractivity contribution in [2.45, 2.75) is 37.7 Å². The summed E-state index contributed by atoms with van der Waals surface area (Å²) in [6, 6.07) is 4.95. The van der Waals surface area contributed by atoms with Crippen molar-refractivity contribution < 1.29 is 13.5 Å². The number of β-amino-alcohol motifs (C(OH)–C–C–N with tert-alkyl or cyclic N) is 1. The van der Waals surface area contributed by atoms with Gasteiger partial charge < -0.3 is 10.8 Å². The second-order valence-electron chi connectivity index (χ2n) is 5.75. The highest BCUT2D eigenvalue weighted by atomic mass is 32.2. The van der Waals surface area contributed by atoms with Gasteiger partial charge in [0.1, 0.15) is 0 Å². The van der Waals surface area contributed by atoms with Crippen molar-refractivity contribution in [2.75, 3.05) is 18.8 Å². The molecule has 1 heterocycles. The molecule has 0 bridgehead atoms. The highest BCUT2D eigenvalue weighted by Crippen LogP contribution is 2.34. The molecule has 2 rings (SSSR count). The van der Waals surface area contributed by atoms with Gasteiger partial charge in [-0.05, 0) is 30.0 Å². The third-order valence-corrected chi connectivity index (χ3v) is 5.94. The van der Waals surface area contributed by atoms with Crippen LogP contribution in [0, 0.1) is 5.92 Å². The zero-order chi connectivity index (χ0) is 15.1. The van der Waals surface area contributed by atoms with Crippen molar-refractivity contribution in [3.63, 3.8) is 0 Å². The number of aliphatic hydroxyl groups is 1.